The number of rotatable bonds is 6. The summed E-state index contributed by atoms with van der Waals surface area (Å²) in [7, 11) is 1.84. The fourth-order valence-electron chi connectivity index (χ4n) is 4.29. The van der Waals surface area contributed by atoms with Crippen molar-refractivity contribution in [3.63, 3.8) is 0 Å². The molecule has 2 saturated carbocycles. The number of carbonyl (C=O) groups excluding carboxylic acids is 2. The van der Waals surface area contributed by atoms with Gasteiger partial charge in [-0.2, -0.15) is 0 Å². The van der Waals surface area contributed by atoms with Gasteiger partial charge in [0.1, 0.15) is 5.82 Å². The van der Waals surface area contributed by atoms with Crippen LogP contribution in [0.2, 0.25) is 0 Å². The number of nitrogens with two attached hydrogens (primary N) is 1. The van der Waals surface area contributed by atoms with Crippen LogP contribution in [0.15, 0.2) is 30.5 Å². The maximum Gasteiger partial charge on any atom is 0.255 e. The minimum atomic E-state index is -0.531. The fourth-order valence-corrected chi connectivity index (χ4v) is 4.29. The molecule has 0 atom stereocenters. The molecular weight excluding hydrogens is 395 g/mol. The zero-order chi connectivity index (χ0) is 22.2. The van der Waals surface area contributed by atoms with E-state index in [1.807, 2.05) is 11.9 Å². The highest BCUT2D eigenvalue weighted by molar-refractivity contribution is 5.96. The van der Waals surface area contributed by atoms with Gasteiger partial charge < -0.3 is 16.0 Å². The largest absolute Gasteiger partial charge is 0.349 e. The molecule has 2 aliphatic carbocycles. The van der Waals surface area contributed by atoms with Crippen LogP contribution in [0.4, 0.5) is 4.39 Å². The lowest BCUT2D eigenvalue weighted by Gasteiger charge is -2.35. The Morgan fingerprint density at radius 1 is 1.23 bits per heavy atom. The SMILES string of the molecule is CN(C(=O)c1ccc(-c2cc(C(=O)NC3CC3)cc(F)c2CN)nc1)C1(C)CCCC1. The first kappa shape index (κ1) is 21.4. The molecule has 31 heavy (non-hydrogen) atoms. The summed E-state index contributed by atoms with van der Waals surface area (Å²) in [4.78, 5) is 31.6. The van der Waals surface area contributed by atoms with Crippen LogP contribution in [0.3, 0.4) is 0 Å². The van der Waals surface area contributed by atoms with Gasteiger partial charge in [-0.3, -0.25) is 14.6 Å². The number of benzene rings is 1. The summed E-state index contributed by atoms with van der Waals surface area (Å²) in [5.41, 5.74) is 7.62. The lowest BCUT2D eigenvalue weighted by atomic mass is 9.97. The smallest absolute Gasteiger partial charge is 0.255 e. The quantitative estimate of drug-likeness (QED) is 0.741. The van der Waals surface area contributed by atoms with Gasteiger partial charge in [-0.25, -0.2) is 4.39 Å². The monoisotopic (exact) mass is 424 g/mol. The van der Waals surface area contributed by atoms with Crippen molar-refractivity contribution in [3.8, 4) is 11.3 Å². The molecule has 1 heterocycles. The summed E-state index contributed by atoms with van der Waals surface area (Å²) >= 11 is 0. The second-order valence-electron chi connectivity index (χ2n) is 8.94. The summed E-state index contributed by atoms with van der Waals surface area (Å²) in [6.07, 6.45) is 7.67. The molecule has 7 heteroatoms. The summed E-state index contributed by atoms with van der Waals surface area (Å²) < 4.78 is 14.7. The Balaban J connectivity index is 1.61. The van der Waals surface area contributed by atoms with Crippen molar-refractivity contribution in [3.05, 3.63) is 53.0 Å². The van der Waals surface area contributed by atoms with Crippen LogP contribution in [0.5, 0.6) is 0 Å². The highest BCUT2D eigenvalue weighted by Crippen LogP contribution is 2.35. The molecular formula is C24H29FN4O2. The van der Waals surface area contributed by atoms with E-state index in [-0.39, 0.29) is 35.5 Å². The van der Waals surface area contributed by atoms with Crippen LogP contribution < -0.4 is 11.1 Å². The molecule has 2 aliphatic rings. The topological polar surface area (TPSA) is 88.3 Å². The molecule has 2 amide bonds. The number of amides is 2. The maximum absolute atomic E-state index is 14.7. The number of nitrogens with one attached hydrogen (secondary N) is 1. The van der Waals surface area contributed by atoms with E-state index in [0.29, 0.717) is 22.4 Å². The first-order valence-electron chi connectivity index (χ1n) is 10.9. The summed E-state index contributed by atoms with van der Waals surface area (Å²) in [6, 6.07) is 6.41. The van der Waals surface area contributed by atoms with Gasteiger partial charge in [-0.05, 0) is 56.9 Å². The van der Waals surface area contributed by atoms with Gasteiger partial charge in [0.05, 0.1) is 11.3 Å². The predicted octanol–water partition coefficient (Wildman–Crippen LogP) is 3.64. The Morgan fingerprint density at radius 3 is 2.52 bits per heavy atom. The Bertz CT molecular complexity index is 995. The van der Waals surface area contributed by atoms with Crippen molar-refractivity contribution in [2.45, 2.75) is 63.6 Å². The van der Waals surface area contributed by atoms with E-state index in [1.54, 1.807) is 18.2 Å². The number of nitrogens with zero attached hydrogens (tertiary/aromatic N) is 2. The number of hydrogen-bond acceptors (Lipinski definition) is 4. The van der Waals surface area contributed by atoms with Crippen LogP contribution in [0.1, 0.15) is 71.7 Å². The molecule has 0 spiro atoms. The summed E-state index contributed by atoms with van der Waals surface area (Å²) in [5.74, 6) is -0.910. The van der Waals surface area contributed by atoms with E-state index in [1.165, 1.54) is 12.3 Å². The minimum Gasteiger partial charge on any atom is -0.349 e. The molecule has 164 valence electrons. The molecule has 0 unspecified atom stereocenters. The Hall–Kier alpha value is -2.80. The zero-order valence-corrected chi connectivity index (χ0v) is 18.1. The third-order valence-corrected chi connectivity index (χ3v) is 6.66. The molecule has 2 aromatic rings. The number of halogens is 1. The Kier molecular flexibility index (Phi) is 5.79. The van der Waals surface area contributed by atoms with Crippen LogP contribution >= 0.6 is 0 Å². The molecule has 0 aliphatic heterocycles. The molecule has 4 rings (SSSR count). The molecule has 2 fully saturated rings. The van der Waals surface area contributed by atoms with Gasteiger partial charge >= 0.3 is 0 Å². The fraction of sp³-hybridized carbons (Fsp3) is 0.458. The van der Waals surface area contributed by atoms with Crippen molar-refractivity contribution in [2.24, 2.45) is 5.73 Å². The molecule has 1 aromatic heterocycles. The number of hydrogen-bond donors (Lipinski definition) is 2. The van der Waals surface area contributed by atoms with E-state index < -0.39 is 5.82 Å². The molecule has 0 saturated heterocycles. The van der Waals surface area contributed by atoms with Gasteiger partial charge in [0, 0.05) is 48.1 Å². The molecule has 6 nitrogen and oxygen atoms in total. The normalized spacial score (nSPS) is 17.4. The van der Waals surface area contributed by atoms with E-state index in [9.17, 15) is 14.0 Å². The van der Waals surface area contributed by atoms with Crippen molar-refractivity contribution in [1.29, 1.82) is 0 Å². The summed E-state index contributed by atoms with van der Waals surface area (Å²) in [5, 5.41) is 2.87. The lowest BCUT2D eigenvalue weighted by Crippen LogP contribution is -2.45. The first-order valence-corrected chi connectivity index (χ1v) is 10.9. The lowest BCUT2D eigenvalue weighted by molar-refractivity contribution is 0.0605. The van der Waals surface area contributed by atoms with Gasteiger partial charge in [0.25, 0.3) is 11.8 Å². The van der Waals surface area contributed by atoms with E-state index in [4.69, 9.17) is 5.73 Å². The van der Waals surface area contributed by atoms with Gasteiger partial charge in [0.2, 0.25) is 0 Å². The average Bonchev–Trinajstić information content (AvgIpc) is 3.48. The van der Waals surface area contributed by atoms with Crippen molar-refractivity contribution < 1.29 is 14.0 Å². The standard InChI is InChI=1S/C24H29FN4O2/c1-24(9-3-4-10-24)29(2)23(31)15-5-8-21(27-14-15)18-11-16(12-20(25)19(18)13-26)22(30)28-17-6-7-17/h5,8,11-12,14,17H,3-4,6-7,9-10,13,26H2,1-2H3,(H,28,30). The number of carbonyl (C=O) groups is 2. The van der Waals surface area contributed by atoms with Crippen molar-refractivity contribution in [1.82, 2.24) is 15.2 Å². The second-order valence-corrected chi connectivity index (χ2v) is 8.94. The van der Waals surface area contributed by atoms with Gasteiger partial charge in [-0.15, -0.1) is 0 Å². The second kappa shape index (κ2) is 8.38. The minimum absolute atomic E-state index is 0.0187. The maximum atomic E-state index is 14.7. The van der Waals surface area contributed by atoms with Crippen LogP contribution in [0.25, 0.3) is 11.3 Å². The first-order chi connectivity index (χ1) is 14.8. The van der Waals surface area contributed by atoms with E-state index >= 15 is 0 Å². The number of pyridine rings is 1. The Morgan fingerprint density at radius 2 is 1.94 bits per heavy atom. The summed E-state index contributed by atoms with van der Waals surface area (Å²) in [6.45, 7) is 2.10. The molecule has 0 radical (unpaired) electrons. The molecule has 0 bridgehead atoms. The highest BCUT2D eigenvalue weighted by atomic mass is 19.1. The van der Waals surface area contributed by atoms with Crippen LogP contribution in [-0.2, 0) is 6.54 Å². The zero-order valence-electron chi connectivity index (χ0n) is 18.1. The predicted molar refractivity (Wildman–Crippen MR) is 117 cm³/mol. The molecule has 3 N–H and O–H groups in total. The van der Waals surface area contributed by atoms with Crippen LogP contribution in [0, 0.1) is 5.82 Å². The van der Waals surface area contributed by atoms with E-state index in [0.717, 1.165) is 38.5 Å². The van der Waals surface area contributed by atoms with E-state index in [2.05, 4.69) is 17.2 Å². The van der Waals surface area contributed by atoms with Crippen LogP contribution in [-0.4, -0.2) is 40.3 Å². The van der Waals surface area contributed by atoms with Gasteiger partial charge in [-0.1, -0.05) is 12.8 Å². The Labute approximate surface area is 182 Å². The highest BCUT2D eigenvalue weighted by Gasteiger charge is 2.36. The van der Waals surface area contributed by atoms with Crippen molar-refractivity contribution in [2.75, 3.05) is 7.05 Å². The molecule has 1 aromatic carbocycles. The van der Waals surface area contributed by atoms with Crippen molar-refractivity contribution >= 4 is 11.8 Å². The third kappa shape index (κ3) is 4.32. The van der Waals surface area contributed by atoms with Gasteiger partial charge in [0.15, 0.2) is 0 Å². The third-order valence-electron chi connectivity index (χ3n) is 6.66. The number of aromatic nitrogens is 1. The average molecular weight is 425 g/mol.